The molecule has 1 aliphatic heterocycles. The SMILES string of the molecule is COCOc1ccc(C(=O)N[C@@H]2CN(C(C)(C)C)CCC[C@H]2OCc2ccc(C(=O)c3cc(OC)ccc3OCOC)cc2)cc1. The Labute approximate surface area is 271 Å². The highest BCUT2D eigenvalue weighted by Crippen LogP contribution is 2.28. The van der Waals surface area contributed by atoms with Gasteiger partial charge in [0.05, 0.1) is 31.4 Å². The number of methoxy groups -OCH3 is 3. The molecule has 1 saturated heterocycles. The number of hydrogen-bond acceptors (Lipinski definition) is 9. The second-order valence-corrected chi connectivity index (χ2v) is 12.2. The molecule has 0 unspecified atom stereocenters. The Morgan fingerprint density at radius 3 is 2.15 bits per heavy atom. The third-order valence-electron chi connectivity index (χ3n) is 7.95. The minimum absolute atomic E-state index is 0.0230. The van der Waals surface area contributed by atoms with Crippen molar-refractivity contribution >= 4 is 11.7 Å². The molecular weight excluding hydrogens is 588 g/mol. The Morgan fingerprint density at radius 1 is 0.848 bits per heavy atom. The number of amides is 1. The van der Waals surface area contributed by atoms with E-state index in [4.69, 9.17) is 28.4 Å². The standard InChI is InChI=1S/C36H46N2O8/c1-36(2,3)38-19-7-8-33(31(21-38)37-35(40)27-13-15-28(16-14-27)45-23-41-4)44-22-25-9-11-26(12-10-25)34(39)30-20-29(43-6)17-18-32(30)46-24-42-5/h9-18,20,31,33H,7-8,19,21-24H2,1-6H3,(H,37,40)/t31-,33-/m1/s1. The summed E-state index contributed by atoms with van der Waals surface area (Å²) in [7, 11) is 4.64. The van der Waals surface area contributed by atoms with Crippen molar-refractivity contribution in [3.05, 3.63) is 89.0 Å². The fourth-order valence-electron chi connectivity index (χ4n) is 5.33. The number of ether oxygens (including phenoxy) is 6. The number of likely N-dealkylation sites (tertiary alicyclic amines) is 1. The van der Waals surface area contributed by atoms with Crippen LogP contribution in [-0.4, -0.2) is 82.3 Å². The van der Waals surface area contributed by atoms with Crippen molar-refractivity contribution < 1.29 is 38.0 Å². The molecule has 0 spiro atoms. The summed E-state index contributed by atoms with van der Waals surface area (Å²) in [6, 6.07) is 19.2. The van der Waals surface area contributed by atoms with Crippen LogP contribution in [0, 0.1) is 0 Å². The lowest BCUT2D eigenvalue weighted by Crippen LogP contribution is -2.53. The Morgan fingerprint density at radius 2 is 1.50 bits per heavy atom. The maximum Gasteiger partial charge on any atom is 0.251 e. The van der Waals surface area contributed by atoms with E-state index in [0.29, 0.717) is 47.1 Å². The second-order valence-electron chi connectivity index (χ2n) is 12.2. The molecule has 3 aromatic rings. The number of rotatable bonds is 14. The van der Waals surface area contributed by atoms with Gasteiger partial charge in [0.15, 0.2) is 19.4 Å². The largest absolute Gasteiger partial charge is 0.497 e. The lowest BCUT2D eigenvalue weighted by Gasteiger charge is -2.37. The van der Waals surface area contributed by atoms with Gasteiger partial charge in [0.2, 0.25) is 0 Å². The van der Waals surface area contributed by atoms with Gasteiger partial charge in [0.1, 0.15) is 17.2 Å². The summed E-state index contributed by atoms with van der Waals surface area (Å²) in [4.78, 5) is 29.2. The van der Waals surface area contributed by atoms with E-state index in [1.165, 1.54) is 7.11 Å². The van der Waals surface area contributed by atoms with Gasteiger partial charge in [-0.2, -0.15) is 0 Å². The summed E-state index contributed by atoms with van der Waals surface area (Å²) < 4.78 is 32.9. The van der Waals surface area contributed by atoms with Crippen molar-refractivity contribution in [3.63, 3.8) is 0 Å². The van der Waals surface area contributed by atoms with Gasteiger partial charge in [-0.1, -0.05) is 24.3 Å². The molecule has 0 saturated carbocycles. The fraction of sp³-hybridized carbons (Fsp3) is 0.444. The van der Waals surface area contributed by atoms with Crippen molar-refractivity contribution in [3.8, 4) is 17.2 Å². The number of carbonyl (C=O) groups is 2. The highest BCUT2D eigenvalue weighted by atomic mass is 16.7. The second kappa shape index (κ2) is 16.6. The van der Waals surface area contributed by atoms with Crippen LogP contribution < -0.4 is 19.5 Å². The number of nitrogens with one attached hydrogen (secondary N) is 1. The average molecular weight is 635 g/mol. The number of carbonyl (C=O) groups excluding carboxylic acids is 2. The van der Waals surface area contributed by atoms with Crippen LogP contribution in [0.15, 0.2) is 66.7 Å². The molecule has 46 heavy (non-hydrogen) atoms. The maximum atomic E-state index is 13.4. The van der Waals surface area contributed by atoms with Gasteiger partial charge in [-0.05, 0) is 88.2 Å². The molecule has 1 heterocycles. The number of ketones is 1. The van der Waals surface area contributed by atoms with Crippen molar-refractivity contribution in [2.24, 2.45) is 0 Å². The Balaban J connectivity index is 1.45. The van der Waals surface area contributed by atoms with Crippen LogP contribution >= 0.6 is 0 Å². The first kappa shape index (κ1) is 34.9. The summed E-state index contributed by atoms with van der Waals surface area (Å²) in [6.45, 7) is 8.64. The molecule has 1 fully saturated rings. The fourth-order valence-corrected chi connectivity index (χ4v) is 5.33. The predicted molar refractivity (Wildman–Crippen MR) is 175 cm³/mol. The van der Waals surface area contributed by atoms with Gasteiger partial charge in [0.25, 0.3) is 5.91 Å². The van der Waals surface area contributed by atoms with Gasteiger partial charge in [0, 0.05) is 37.4 Å². The van der Waals surface area contributed by atoms with E-state index in [1.807, 2.05) is 12.1 Å². The molecule has 0 aromatic heterocycles. The van der Waals surface area contributed by atoms with Crippen LogP contribution in [-0.2, 0) is 20.8 Å². The number of hydrogen-bond donors (Lipinski definition) is 1. The average Bonchev–Trinajstić information content (AvgIpc) is 3.27. The van der Waals surface area contributed by atoms with Crippen molar-refractivity contribution in [2.45, 2.75) is 57.9 Å². The molecule has 1 amide bonds. The zero-order chi connectivity index (χ0) is 33.1. The lowest BCUT2D eigenvalue weighted by molar-refractivity contribution is 0.00669. The van der Waals surface area contributed by atoms with Gasteiger partial charge in [-0.15, -0.1) is 0 Å². The molecule has 0 bridgehead atoms. The van der Waals surface area contributed by atoms with E-state index in [1.54, 1.807) is 68.8 Å². The molecule has 248 valence electrons. The van der Waals surface area contributed by atoms with E-state index in [-0.39, 0.29) is 43.0 Å². The first-order chi connectivity index (χ1) is 22.1. The molecule has 4 rings (SSSR count). The van der Waals surface area contributed by atoms with E-state index >= 15 is 0 Å². The van der Waals surface area contributed by atoms with E-state index < -0.39 is 0 Å². The van der Waals surface area contributed by atoms with Crippen molar-refractivity contribution in [1.82, 2.24) is 10.2 Å². The molecular formula is C36H46N2O8. The quantitative estimate of drug-likeness (QED) is 0.183. The summed E-state index contributed by atoms with van der Waals surface area (Å²) in [5, 5.41) is 3.25. The molecule has 2 atom stereocenters. The zero-order valence-electron chi connectivity index (χ0n) is 27.7. The predicted octanol–water partition coefficient (Wildman–Crippen LogP) is 5.47. The van der Waals surface area contributed by atoms with Crippen LogP contribution in [0.25, 0.3) is 0 Å². The molecule has 0 aliphatic carbocycles. The third-order valence-corrected chi connectivity index (χ3v) is 7.95. The van der Waals surface area contributed by atoms with Crippen LogP contribution in [0.2, 0.25) is 0 Å². The van der Waals surface area contributed by atoms with Gasteiger partial charge in [-0.3, -0.25) is 14.5 Å². The highest BCUT2D eigenvalue weighted by Gasteiger charge is 2.33. The third kappa shape index (κ3) is 9.53. The minimum Gasteiger partial charge on any atom is -0.497 e. The summed E-state index contributed by atoms with van der Waals surface area (Å²) in [5.41, 5.74) is 2.31. The summed E-state index contributed by atoms with van der Waals surface area (Å²) in [6.07, 6.45) is 1.55. The van der Waals surface area contributed by atoms with Crippen molar-refractivity contribution in [2.75, 3.05) is 48.0 Å². The van der Waals surface area contributed by atoms with Gasteiger partial charge >= 0.3 is 0 Å². The van der Waals surface area contributed by atoms with Crippen LogP contribution in [0.1, 0.15) is 65.5 Å². The lowest BCUT2D eigenvalue weighted by atomic mass is 10.0. The van der Waals surface area contributed by atoms with Crippen LogP contribution in [0.4, 0.5) is 0 Å². The molecule has 10 heteroatoms. The smallest absolute Gasteiger partial charge is 0.251 e. The molecule has 3 aromatic carbocycles. The number of benzene rings is 3. The normalized spacial score (nSPS) is 17.2. The Bertz CT molecular complexity index is 1420. The van der Waals surface area contributed by atoms with E-state index in [2.05, 4.69) is 31.0 Å². The first-order valence-corrected chi connectivity index (χ1v) is 15.5. The maximum absolute atomic E-state index is 13.4. The summed E-state index contributed by atoms with van der Waals surface area (Å²) in [5.74, 6) is 1.25. The number of nitrogens with zero attached hydrogens (tertiary/aromatic N) is 1. The Kier molecular flexibility index (Phi) is 12.6. The van der Waals surface area contributed by atoms with Crippen molar-refractivity contribution in [1.29, 1.82) is 0 Å². The minimum atomic E-state index is -0.224. The monoisotopic (exact) mass is 634 g/mol. The molecule has 0 radical (unpaired) electrons. The van der Waals surface area contributed by atoms with Crippen LogP contribution in [0.3, 0.4) is 0 Å². The molecule has 1 aliphatic rings. The zero-order valence-corrected chi connectivity index (χ0v) is 27.7. The van der Waals surface area contributed by atoms with E-state index in [0.717, 1.165) is 24.9 Å². The molecule has 10 nitrogen and oxygen atoms in total. The summed E-state index contributed by atoms with van der Waals surface area (Å²) >= 11 is 0. The topological polar surface area (TPSA) is 105 Å². The molecule has 1 N–H and O–H groups in total. The highest BCUT2D eigenvalue weighted by molar-refractivity contribution is 6.11. The van der Waals surface area contributed by atoms with Gasteiger partial charge in [-0.25, -0.2) is 0 Å². The van der Waals surface area contributed by atoms with Crippen LogP contribution in [0.5, 0.6) is 17.2 Å². The van der Waals surface area contributed by atoms with Gasteiger partial charge < -0.3 is 33.7 Å². The first-order valence-electron chi connectivity index (χ1n) is 15.5. The Hall–Kier alpha value is -3.96. The van der Waals surface area contributed by atoms with E-state index in [9.17, 15) is 9.59 Å².